The molecule has 2 heterocycles. The SMILES string of the molecule is Cc1c(C(C)C)cnc2c1NCC(O)C2. The molecule has 0 bridgehead atoms. The summed E-state index contributed by atoms with van der Waals surface area (Å²) in [4.78, 5) is 4.43. The van der Waals surface area contributed by atoms with Crippen LogP contribution < -0.4 is 5.32 Å². The number of pyridine rings is 1. The molecule has 15 heavy (non-hydrogen) atoms. The summed E-state index contributed by atoms with van der Waals surface area (Å²) in [5.74, 6) is 0.497. The number of aromatic nitrogens is 1. The number of nitrogens with one attached hydrogen (secondary N) is 1. The van der Waals surface area contributed by atoms with E-state index in [0.29, 0.717) is 18.9 Å². The fourth-order valence-corrected chi connectivity index (χ4v) is 2.16. The lowest BCUT2D eigenvalue weighted by molar-refractivity contribution is 0.183. The van der Waals surface area contributed by atoms with Crippen molar-refractivity contribution in [2.24, 2.45) is 0 Å². The molecule has 2 N–H and O–H groups in total. The summed E-state index contributed by atoms with van der Waals surface area (Å²) in [6.07, 6.45) is 2.31. The standard InChI is InChI=1S/C12H18N2O/c1-7(2)10-6-13-11-4-9(15)5-14-12(11)8(10)3/h6-7,9,14-15H,4-5H2,1-3H3. The first-order chi connectivity index (χ1) is 7.09. The van der Waals surface area contributed by atoms with Crippen molar-refractivity contribution in [1.82, 2.24) is 4.98 Å². The Morgan fingerprint density at radius 2 is 2.27 bits per heavy atom. The molecule has 1 unspecified atom stereocenters. The number of anilines is 1. The Morgan fingerprint density at radius 1 is 1.53 bits per heavy atom. The van der Waals surface area contributed by atoms with E-state index < -0.39 is 0 Å². The Bertz CT molecular complexity index is 374. The smallest absolute Gasteiger partial charge is 0.0768 e. The van der Waals surface area contributed by atoms with Gasteiger partial charge in [0.25, 0.3) is 0 Å². The van der Waals surface area contributed by atoms with Gasteiger partial charge in [0, 0.05) is 19.2 Å². The molecule has 0 saturated heterocycles. The van der Waals surface area contributed by atoms with Crippen molar-refractivity contribution in [3.05, 3.63) is 23.0 Å². The quantitative estimate of drug-likeness (QED) is 0.737. The van der Waals surface area contributed by atoms with Gasteiger partial charge in [0.15, 0.2) is 0 Å². The van der Waals surface area contributed by atoms with Gasteiger partial charge in [-0.25, -0.2) is 0 Å². The minimum atomic E-state index is -0.297. The average Bonchev–Trinajstić information content (AvgIpc) is 2.17. The molecule has 0 fully saturated rings. The topological polar surface area (TPSA) is 45.2 Å². The van der Waals surface area contributed by atoms with E-state index in [9.17, 15) is 5.11 Å². The zero-order valence-corrected chi connectivity index (χ0v) is 9.54. The van der Waals surface area contributed by atoms with Crippen LogP contribution in [0.4, 0.5) is 5.69 Å². The first-order valence-corrected chi connectivity index (χ1v) is 5.50. The molecular formula is C12H18N2O. The van der Waals surface area contributed by atoms with E-state index in [1.807, 2.05) is 6.20 Å². The van der Waals surface area contributed by atoms with Crippen LogP contribution in [0.5, 0.6) is 0 Å². The zero-order valence-electron chi connectivity index (χ0n) is 9.54. The van der Waals surface area contributed by atoms with Crippen molar-refractivity contribution >= 4 is 5.69 Å². The second-order valence-electron chi connectivity index (χ2n) is 4.55. The lowest BCUT2D eigenvalue weighted by atomic mass is 9.95. The van der Waals surface area contributed by atoms with Gasteiger partial charge in [-0.15, -0.1) is 0 Å². The van der Waals surface area contributed by atoms with Crippen LogP contribution in [-0.4, -0.2) is 22.7 Å². The van der Waals surface area contributed by atoms with Gasteiger partial charge in [0.1, 0.15) is 0 Å². The Kier molecular flexibility index (Phi) is 2.65. The maximum Gasteiger partial charge on any atom is 0.0768 e. The van der Waals surface area contributed by atoms with E-state index in [1.54, 1.807) is 0 Å². The number of rotatable bonds is 1. The molecule has 1 atom stereocenters. The number of nitrogens with zero attached hydrogens (tertiary/aromatic N) is 1. The highest BCUT2D eigenvalue weighted by Crippen LogP contribution is 2.29. The van der Waals surface area contributed by atoms with Crippen molar-refractivity contribution in [1.29, 1.82) is 0 Å². The highest BCUT2D eigenvalue weighted by molar-refractivity contribution is 5.59. The van der Waals surface area contributed by atoms with Gasteiger partial charge in [-0.1, -0.05) is 13.8 Å². The van der Waals surface area contributed by atoms with Gasteiger partial charge in [0.05, 0.1) is 17.5 Å². The van der Waals surface area contributed by atoms with Crippen LogP contribution in [-0.2, 0) is 6.42 Å². The summed E-state index contributed by atoms with van der Waals surface area (Å²) in [6.45, 7) is 7.11. The van der Waals surface area contributed by atoms with Gasteiger partial charge in [-0.3, -0.25) is 4.98 Å². The number of hydrogen-bond acceptors (Lipinski definition) is 3. The first kappa shape index (κ1) is 10.4. The Morgan fingerprint density at radius 3 is 2.93 bits per heavy atom. The van der Waals surface area contributed by atoms with E-state index in [-0.39, 0.29) is 6.10 Å². The van der Waals surface area contributed by atoms with Crippen molar-refractivity contribution in [2.75, 3.05) is 11.9 Å². The molecular weight excluding hydrogens is 188 g/mol. The highest BCUT2D eigenvalue weighted by Gasteiger charge is 2.20. The molecule has 3 heteroatoms. The van der Waals surface area contributed by atoms with Gasteiger partial charge in [0.2, 0.25) is 0 Å². The third-order valence-corrected chi connectivity index (χ3v) is 3.02. The predicted octanol–water partition coefficient (Wildman–Crippen LogP) is 1.84. The van der Waals surface area contributed by atoms with Crippen molar-refractivity contribution in [3.8, 4) is 0 Å². The van der Waals surface area contributed by atoms with E-state index in [1.165, 1.54) is 11.1 Å². The van der Waals surface area contributed by atoms with E-state index in [0.717, 1.165) is 11.4 Å². The van der Waals surface area contributed by atoms with Crippen LogP contribution in [0.1, 0.15) is 36.6 Å². The maximum absolute atomic E-state index is 9.52. The number of hydrogen-bond donors (Lipinski definition) is 2. The molecule has 0 aromatic carbocycles. The summed E-state index contributed by atoms with van der Waals surface area (Å²) < 4.78 is 0. The first-order valence-electron chi connectivity index (χ1n) is 5.50. The molecule has 1 aromatic rings. The normalized spacial score (nSPS) is 19.9. The fourth-order valence-electron chi connectivity index (χ4n) is 2.16. The second kappa shape index (κ2) is 3.81. The molecule has 0 aliphatic carbocycles. The number of aliphatic hydroxyl groups excluding tert-OH is 1. The van der Waals surface area contributed by atoms with Crippen molar-refractivity contribution < 1.29 is 5.11 Å². The van der Waals surface area contributed by atoms with E-state index in [4.69, 9.17) is 0 Å². The van der Waals surface area contributed by atoms with Crippen molar-refractivity contribution in [3.63, 3.8) is 0 Å². The van der Waals surface area contributed by atoms with Gasteiger partial charge in [-0.05, 0) is 24.0 Å². The molecule has 2 rings (SSSR count). The van der Waals surface area contributed by atoms with Crippen LogP contribution in [0.25, 0.3) is 0 Å². The van der Waals surface area contributed by atoms with Crippen LogP contribution in [0.15, 0.2) is 6.20 Å². The monoisotopic (exact) mass is 206 g/mol. The molecule has 0 spiro atoms. The molecule has 1 aliphatic heterocycles. The minimum Gasteiger partial charge on any atom is -0.391 e. The Labute approximate surface area is 90.5 Å². The molecule has 1 aromatic heterocycles. The summed E-state index contributed by atoms with van der Waals surface area (Å²) in [6, 6.07) is 0. The van der Waals surface area contributed by atoms with Crippen LogP contribution in [0.3, 0.4) is 0 Å². The summed E-state index contributed by atoms with van der Waals surface area (Å²) in [5.41, 5.74) is 4.70. The van der Waals surface area contributed by atoms with Crippen LogP contribution in [0, 0.1) is 6.92 Å². The third kappa shape index (κ3) is 1.84. The van der Waals surface area contributed by atoms with Gasteiger partial charge in [-0.2, -0.15) is 0 Å². The largest absolute Gasteiger partial charge is 0.391 e. The average molecular weight is 206 g/mol. The molecule has 0 saturated carbocycles. The third-order valence-electron chi connectivity index (χ3n) is 3.02. The predicted molar refractivity (Wildman–Crippen MR) is 61.3 cm³/mol. The minimum absolute atomic E-state index is 0.297. The maximum atomic E-state index is 9.52. The highest BCUT2D eigenvalue weighted by atomic mass is 16.3. The zero-order chi connectivity index (χ0) is 11.0. The molecule has 3 nitrogen and oxygen atoms in total. The van der Waals surface area contributed by atoms with Crippen LogP contribution in [0.2, 0.25) is 0 Å². The van der Waals surface area contributed by atoms with E-state index >= 15 is 0 Å². The van der Waals surface area contributed by atoms with Gasteiger partial charge < -0.3 is 10.4 Å². The second-order valence-corrected chi connectivity index (χ2v) is 4.55. The lowest BCUT2D eigenvalue weighted by Gasteiger charge is -2.25. The Balaban J connectivity index is 2.44. The Hall–Kier alpha value is -1.09. The summed E-state index contributed by atoms with van der Waals surface area (Å²) in [5, 5.41) is 12.8. The summed E-state index contributed by atoms with van der Waals surface area (Å²) in [7, 11) is 0. The fraction of sp³-hybridized carbons (Fsp3) is 0.583. The lowest BCUT2D eigenvalue weighted by Crippen LogP contribution is -2.29. The van der Waals surface area contributed by atoms with Crippen molar-refractivity contribution in [2.45, 2.75) is 39.2 Å². The number of aliphatic hydroxyl groups is 1. The molecule has 1 aliphatic rings. The molecule has 0 amide bonds. The van der Waals surface area contributed by atoms with E-state index in [2.05, 4.69) is 31.1 Å². The van der Waals surface area contributed by atoms with Crippen LogP contribution >= 0.6 is 0 Å². The number of fused-ring (bicyclic) bond motifs is 1. The molecule has 0 radical (unpaired) electrons. The summed E-state index contributed by atoms with van der Waals surface area (Å²) >= 11 is 0. The van der Waals surface area contributed by atoms with Gasteiger partial charge >= 0.3 is 0 Å². The molecule has 82 valence electrons. The number of β-amino-alcohol motifs (C(OH)–C–C–N with tert-alkyl or cyclic N) is 1.